The number of amides is 2. The fourth-order valence-electron chi connectivity index (χ4n) is 4.42. The number of urea groups is 1. The van der Waals surface area contributed by atoms with Crippen LogP contribution in [0.15, 0.2) is 54.6 Å². The molecule has 192 valence electrons. The molecule has 1 aliphatic heterocycles. The zero-order valence-corrected chi connectivity index (χ0v) is 21.3. The van der Waals surface area contributed by atoms with Crippen LogP contribution in [-0.2, 0) is 12.6 Å². The van der Waals surface area contributed by atoms with Crippen molar-refractivity contribution in [1.29, 1.82) is 0 Å². The van der Waals surface area contributed by atoms with E-state index in [2.05, 4.69) is 36.2 Å². The van der Waals surface area contributed by atoms with E-state index >= 15 is 0 Å². The molecule has 1 fully saturated rings. The predicted molar refractivity (Wildman–Crippen MR) is 140 cm³/mol. The molecule has 0 spiro atoms. The molecule has 6 nitrogen and oxygen atoms in total. The molecule has 0 bridgehead atoms. The Kier molecular flexibility index (Phi) is 6.76. The van der Waals surface area contributed by atoms with Crippen LogP contribution in [0.3, 0.4) is 0 Å². The summed E-state index contributed by atoms with van der Waals surface area (Å²) in [5.41, 5.74) is 1.89. The summed E-state index contributed by atoms with van der Waals surface area (Å²) < 4.78 is 38.4. The van der Waals surface area contributed by atoms with Crippen molar-refractivity contribution in [3.63, 3.8) is 0 Å². The number of nitrogens with zero attached hydrogens (tertiary/aromatic N) is 4. The normalized spacial score (nSPS) is 14.3. The highest BCUT2D eigenvalue weighted by Crippen LogP contribution is 2.36. The van der Waals surface area contributed by atoms with Crippen LogP contribution >= 0.6 is 11.3 Å². The third-order valence-corrected chi connectivity index (χ3v) is 7.69. The van der Waals surface area contributed by atoms with Gasteiger partial charge in [-0.05, 0) is 49.2 Å². The summed E-state index contributed by atoms with van der Waals surface area (Å²) in [7, 11) is 0. The molecule has 1 saturated heterocycles. The Morgan fingerprint density at radius 2 is 1.65 bits per heavy atom. The Labute approximate surface area is 216 Å². The summed E-state index contributed by atoms with van der Waals surface area (Å²) in [6.45, 7) is 6.29. The molecule has 3 heterocycles. The molecule has 0 aliphatic carbocycles. The average molecular weight is 526 g/mol. The lowest BCUT2D eigenvalue weighted by Gasteiger charge is -2.35. The Bertz CT molecular complexity index is 1410. The highest BCUT2D eigenvalue weighted by atomic mass is 32.1. The van der Waals surface area contributed by atoms with Gasteiger partial charge in [-0.1, -0.05) is 30.3 Å². The van der Waals surface area contributed by atoms with Crippen LogP contribution in [0, 0.1) is 13.8 Å². The molecule has 0 atom stereocenters. The lowest BCUT2D eigenvalue weighted by molar-refractivity contribution is -0.137. The van der Waals surface area contributed by atoms with E-state index in [0.717, 1.165) is 39.6 Å². The fraction of sp³-hybridized carbons (Fsp3) is 0.296. The first-order valence-electron chi connectivity index (χ1n) is 12.0. The Morgan fingerprint density at radius 1 is 0.973 bits per heavy atom. The lowest BCUT2D eigenvalue weighted by atomic mass is 10.1. The molecule has 1 N–H and O–H groups in total. The zero-order chi connectivity index (χ0) is 26.2. The summed E-state index contributed by atoms with van der Waals surface area (Å²) >= 11 is 1.67. The van der Waals surface area contributed by atoms with E-state index in [1.165, 1.54) is 22.6 Å². The molecule has 5 rings (SSSR count). The summed E-state index contributed by atoms with van der Waals surface area (Å²) in [6.07, 6.45) is -3.78. The van der Waals surface area contributed by atoms with Gasteiger partial charge >= 0.3 is 12.2 Å². The molecule has 4 aromatic rings. The standard InChI is InChI=1S/C27H26F3N5OS/c1-17-18(2)37-25-23(17)24(32-22(33-25)16-19-6-4-3-5-7-19)34-12-14-35(15-13-34)26(36)31-21-10-8-20(9-11-21)27(28,29)30/h3-11H,12-16H2,1-2H3,(H,31,36). The number of fused-ring (bicyclic) bond motifs is 1. The van der Waals surface area contributed by atoms with Crippen LogP contribution in [0.25, 0.3) is 10.2 Å². The number of halogens is 3. The number of piperazine rings is 1. The Balaban J connectivity index is 1.31. The number of nitrogens with one attached hydrogen (secondary N) is 1. The second-order valence-electron chi connectivity index (χ2n) is 9.07. The quantitative estimate of drug-likeness (QED) is 0.341. The minimum absolute atomic E-state index is 0.327. The first-order chi connectivity index (χ1) is 17.7. The average Bonchev–Trinajstić information content (AvgIpc) is 3.17. The van der Waals surface area contributed by atoms with Crippen molar-refractivity contribution in [2.24, 2.45) is 0 Å². The van der Waals surface area contributed by atoms with E-state index in [4.69, 9.17) is 9.97 Å². The topological polar surface area (TPSA) is 61.4 Å². The van der Waals surface area contributed by atoms with E-state index in [0.29, 0.717) is 38.3 Å². The number of hydrogen-bond donors (Lipinski definition) is 1. The highest BCUT2D eigenvalue weighted by Gasteiger charge is 2.30. The molecular formula is C27H26F3N5OS. The van der Waals surface area contributed by atoms with Crippen LogP contribution in [0.5, 0.6) is 0 Å². The summed E-state index contributed by atoms with van der Waals surface area (Å²) in [5.74, 6) is 1.65. The molecule has 10 heteroatoms. The second kappa shape index (κ2) is 10.0. The van der Waals surface area contributed by atoms with Crippen molar-refractivity contribution in [3.8, 4) is 0 Å². The molecule has 0 unspecified atom stereocenters. The largest absolute Gasteiger partial charge is 0.416 e. The number of rotatable bonds is 4. The van der Waals surface area contributed by atoms with Crippen molar-refractivity contribution >= 4 is 39.1 Å². The van der Waals surface area contributed by atoms with Crippen LogP contribution in [0.2, 0.25) is 0 Å². The van der Waals surface area contributed by atoms with Crippen molar-refractivity contribution in [3.05, 3.63) is 82.0 Å². The number of carbonyl (C=O) groups is 1. The van der Waals surface area contributed by atoms with Gasteiger partial charge in [0.15, 0.2) is 0 Å². The van der Waals surface area contributed by atoms with Crippen molar-refractivity contribution in [1.82, 2.24) is 14.9 Å². The number of benzene rings is 2. The number of alkyl halides is 3. The number of carbonyl (C=O) groups excluding carboxylic acids is 1. The predicted octanol–water partition coefficient (Wildman–Crippen LogP) is 6.27. The third-order valence-electron chi connectivity index (χ3n) is 6.59. The number of hydrogen-bond acceptors (Lipinski definition) is 5. The van der Waals surface area contributed by atoms with E-state index in [9.17, 15) is 18.0 Å². The molecule has 0 radical (unpaired) electrons. The number of thiophene rings is 1. The number of aromatic nitrogens is 2. The smallest absolute Gasteiger partial charge is 0.352 e. The first-order valence-corrected chi connectivity index (χ1v) is 12.8. The molecular weight excluding hydrogens is 499 g/mol. The molecule has 2 aromatic carbocycles. The molecule has 1 aliphatic rings. The summed E-state index contributed by atoms with van der Waals surface area (Å²) in [6, 6.07) is 14.2. The SMILES string of the molecule is Cc1sc2nc(Cc3ccccc3)nc(N3CCN(C(=O)Nc4ccc(C(F)(F)F)cc4)CC3)c2c1C. The maximum Gasteiger partial charge on any atom is 0.416 e. The van der Waals surface area contributed by atoms with Crippen LogP contribution in [0.4, 0.5) is 29.5 Å². The van der Waals surface area contributed by atoms with Crippen LogP contribution < -0.4 is 10.2 Å². The fourth-order valence-corrected chi connectivity index (χ4v) is 5.47. The van der Waals surface area contributed by atoms with E-state index in [-0.39, 0.29) is 6.03 Å². The molecule has 0 saturated carbocycles. The van der Waals surface area contributed by atoms with Crippen molar-refractivity contribution in [2.45, 2.75) is 26.4 Å². The second-order valence-corrected chi connectivity index (χ2v) is 10.3. The minimum Gasteiger partial charge on any atom is -0.352 e. The minimum atomic E-state index is -4.41. The summed E-state index contributed by atoms with van der Waals surface area (Å²) in [4.78, 5) is 28.6. The van der Waals surface area contributed by atoms with Crippen LogP contribution in [-0.4, -0.2) is 47.1 Å². The summed E-state index contributed by atoms with van der Waals surface area (Å²) in [5, 5.41) is 3.76. The van der Waals surface area contributed by atoms with Gasteiger partial charge in [-0.2, -0.15) is 13.2 Å². The lowest BCUT2D eigenvalue weighted by Crippen LogP contribution is -2.50. The van der Waals surface area contributed by atoms with Gasteiger partial charge < -0.3 is 15.1 Å². The van der Waals surface area contributed by atoms with Gasteiger partial charge in [0.1, 0.15) is 16.5 Å². The van der Waals surface area contributed by atoms with Gasteiger partial charge in [-0.3, -0.25) is 0 Å². The van der Waals surface area contributed by atoms with Gasteiger partial charge in [0.05, 0.1) is 10.9 Å². The monoisotopic (exact) mass is 525 g/mol. The number of aryl methyl sites for hydroxylation is 2. The maximum absolute atomic E-state index is 12.8. The van der Waals surface area contributed by atoms with E-state index in [1.807, 2.05) is 18.2 Å². The Morgan fingerprint density at radius 3 is 2.30 bits per heavy atom. The van der Waals surface area contributed by atoms with Crippen LogP contribution in [0.1, 0.15) is 27.4 Å². The van der Waals surface area contributed by atoms with E-state index in [1.54, 1.807) is 16.2 Å². The van der Waals surface area contributed by atoms with Gasteiger partial charge in [-0.25, -0.2) is 14.8 Å². The van der Waals surface area contributed by atoms with Crippen molar-refractivity contribution in [2.75, 3.05) is 36.4 Å². The third kappa shape index (κ3) is 5.39. The van der Waals surface area contributed by atoms with Crippen molar-refractivity contribution < 1.29 is 18.0 Å². The first kappa shape index (κ1) is 25.0. The van der Waals surface area contributed by atoms with Gasteiger partial charge in [0, 0.05) is 43.2 Å². The van der Waals surface area contributed by atoms with E-state index < -0.39 is 11.7 Å². The maximum atomic E-state index is 12.8. The van der Waals surface area contributed by atoms with Gasteiger partial charge in [-0.15, -0.1) is 11.3 Å². The number of anilines is 2. The van der Waals surface area contributed by atoms with Gasteiger partial charge in [0.2, 0.25) is 0 Å². The Hall–Kier alpha value is -3.66. The zero-order valence-electron chi connectivity index (χ0n) is 20.5. The molecule has 37 heavy (non-hydrogen) atoms. The highest BCUT2D eigenvalue weighted by molar-refractivity contribution is 7.18. The molecule has 2 aromatic heterocycles. The van der Waals surface area contributed by atoms with Gasteiger partial charge in [0.25, 0.3) is 0 Å². The molecule has 2 amide bonds.